The van der Waals surface area contributed by atoms with Gasteiger partial charge in [0.2, 0.25) is 0 Å². The summed E-state index contributed by atoms with van der Waals surface area (Å²) >= 11 is 0. The Labute approximate surface area is 189 Å². The van der Waals surface area contributed by atoms with E-state index in [0.29, 0.717) is 24.2 Å². The largest absolute Gasteiger partial charge is 0.457 e. The molecule has 0 saturated heterocycles. The van der Waals surface area contributed by atoms with E-state index < -0.39 is 12.1 Å². The fourth-order valence-corrected chi connectivity index (χ4v) is 3.37. The first-order chi connectivity index (χ1) is 15.5. The van der Waals surface area contributed by atoms with E-state index in [0.717, 1.165) is 24.0 Å². The zero-order valence-corrected chi connectivity index (χ0v) is 18.8. The molecule has 1 unspecified atom stereocenters. The van der Waals surface area contributed by atoms with Crippen LogP contribution in [0.1, 0.15) is 38.1 Å². The molecular weight excluding hydrogens is 400 g/mol. The average molecular weight is 431 g/mol. The normalized spacial score (nSPS) is 11.7. The molecular formula is C27H30N2O3. The molecule has 1 atom stereocenters. The number of nitrogens with zero attached hydrogens (tertiary/aromatic N) is 2. The molecule has 0 fully saturated rings. The third-order valence-electron chi connectivity index (χ3n) is 5.27. The van der Waals surface area contributed by atoms with Crippen molar-refractivity contribution in [1.29, 1.82) is 0 Å². The van der Waals surface area contributed by atoms with E-state index in [1.165, 1.54) is 16.7 Å². The minimum absolute atomic E-state index is 0.245. The van der Waals surface area contributed by atoms with Gasteiger partial charge in [0.25, 0.3) is 0 Å². The van der Waals surface area contributed by atoms with Crippen LogP contribution in [-0.2, 0) is 22.4 Å². The van der Waals surface area contributed by atoms with Gasteiger partial charge in [0, 0.05) is 30.0 Å². The Morgan fingerprint density at radius 3 is 1.97 bits per heavy atom. The highest BCUT2D eigenvalue weighted by atomic mass is 16.6. The molecule has 5 nitrogen and oxygen atoms in total. The molecule has 0 saturated carbocycles. The summed E-state index contributed by atoms with van der Waals surface area (Å²) < 4.78 is 5.20. The van der Waals surface area contributed by atoms with E-state index in [-0.39, 0.29) is 6.61 Å². The number of esters is 1. The quantitative estimate of drug-likeness (QED) is 0.355. The molecule has 32 heavy (non-hydrogen) atoms. The topological polar surface area (TPSA) is 72.3 Å². The second kappa shape index (κ2) is 11.3. The molecule has 0 aliphatic heterocycles. The lowest BCUT2D eigenvalue weighted by Crippen LogP contribution is -2.23. The molecule has 0 aliphatic carbocycles. The van der Waals surface area contributed by atoms with Gasteiger partial charge in [-0.05, 0) is 42.0 Å². The molecule has 5 heteroatoms. The molecule has 3 rings (SSSR count). The summed E-state index contributed by atoms with van der Waals surface area (Å²) in [7, 11) is 0. The second-order valence-corrected chi connectivity index (χ2v) is 7.94. The van der Waals surface area contributed by atoms with Crippen molar-refractivity contribution >= 4 is 5.97 Å². The van der Waals surface area contributed by atoms with Crippen LogP contribution in [0.15, 0.2) is 73.1 Å². The molecule has 3 aromatic rings. The van der Waals surface area contributed by atoms with E-state index in [1.54, 1.807) is 19.3 Å². The van der Waals surface area contributed by atoms with Gasteiger partial charge in [-0.1, -0.05) is 68.5 Å². The van der Waals surface area contributed by atoms with Gasteiger partial charge in [-0.2, -0.15) is 0 Å². The maximum atomic E-state index is 11.6. The zero-order chi connectivity index (χ0) is 22.9. The van der Waals surface area contributed by atoms with Crippen LogP contribution in [0.2, 0.25) is 0 Å². The lowest BCUT2D eigenvalue weighted by Gasteiger charge is -2.15. The van der Waals surface area contributed by atoms with E-state index in [1.807, 2.05) is 0 Å². The van der Waals surface area contributed by atoms with Crippen LogP contribution >= 0.6 is 0 Å². The fraction of sp³-hybridized carbons (Fsp3) is 0.296. The summed E-state index contributed by atoms with van der Waals surface area (Å²) in [5.41, 5.74) is 6.04. The summed E-state index contributed by atoms with van der Waals surface area (Å²) in [4.78, 5) is 20.5. The predicted molar refractivity (Wildman–Crippen MR) is 127 cm³/mol. The van der Waals surface area contributed by atoms with Crippen molar-refractivity contribution in [3.63, 3.8) is 0 Å². The van der Waals surface area contributed by atoms with Crippen molar-refractivity contribution < 1.29 is 14.6 Å². The number of aliphatic hydroxyl groups excluding tert-OH is 1. The third kappa shape index (κ3) is 6.34. The Balaban J connectivity index is 1.60. The summed E-state index contributed by atoms with van der Waals surface area (Å²) in [6.07, 6.45) is 6.21. The molecule has 0 amide bonds. The number of hydrogen-bond donors (Lipinski definition) is 1. The molecule has 2 aromatic carbocycles. The SMILES string of the molecule is C=C(C)C(=O)OC(CO)CCc1ncc(-c2ccc(-c3ccc(CCC)cc3)cc2)cn1. The molecule has 0 bridgehead atoms. The molecule has 0 radical (unpaired) electrons. The number of aryl methyl sites for hydroxylation is 2. The van der Waals surface area contributed by atoms with Crippen molar-refractivity contribution in [2.45, 2.75) is 45.6 Å². The van der Waals surface area contributed by atoms with Gasteiger partial charge >= 0.3 is 5.97 Å². The van der Waals surface area contributed by atoms with E-state index in [4.69, 9.17) is 4.74 Å². The van der Waals surface area contributed by atoms with E-state index in [2.05, 4.69) is 72.0 Å². The van der Waals surface area contributed by atoms with E-state index >= 15 is 0 Å². The smallest absolute Gasteiger partial charge is 0.333 e. The summed E-state index contributed by atoms with van der Waals surface area (Å²) in [5, 5.41) is 9.42. The highest BCUT2D eigenvalue weighted by Gasteiger charge is 2.15. The standard InChI is InChI=1S/C27H30N2O3/c1-4-5-20-6-8-21(9-7-20)22-10-12-23(13-11-22)24-16-28-26(29-17-24)15-14-25(18-30)32-27(31)19(2)3/h6-13,16-17,25,30H,2,4-5,14-15,18H2,1,3H3. The Kier molecular flexibility index (Phi) is 8.28. The molecule has 1 aromatic heterocycles. The van der Waals surface area contributed by atoms with Crippen LogP contribution in [0.3, 0.4) is 0 Å². The highest BCUT2D eigenvalue weighted by molar-refractivity contribution is 5.87. The summed E-state index contributed by atoms with van der Waals surface area (Å²) in [6, 6.07) is 17.1. The molecule has 0 aliphatic rings. The van der Waals surface area contributed by atoms with Gasteiger partial charge in [-0.25, -0.2) is 14.8 Å². The Bertz CT molecular complexity index is 1030. The van der Waals surface area contributed by atoms with Crippen molar-refractivity contribution in [1.82, 2.24) is 9.97 Å². The lowest BCUT2D eigenvalue weighted by atomic mass is 10.00. The number of aliphatic hydroxyl groups is 1. The van der Waals surface area contributed by atoms with Crippen LogP contribution in [0.5, 0.6) is 0 Å². The zero-order valence-electron chi connectivity index (χ0n) is 18.8. The number of rotatable bonds is 10. The first kappa shape index (κ1) is 23.4. The van der Waals surface area contributed by atoms with E-state index in [9.17, 15) is 9.90 Å². The van der Waals surface area contributed by atoms with Crippen molar-refractivity contribution in [3.05, 3.63) is 84.5 Å². The Morgan fingerprint density at radius 2 is 1.47 bits per heavy atom. The molecule has 1 heterocycles. The van der Waals surface area contributed by atoms with Crippen LogP contribution in [-0.4, -0.2) is 33.8 Å². The number of hydrogen-bond acceptors (Lipinski definition) is 5. The van der Waals surface area contributed by atoms with Crippen LogP contribution < -0.4 is 0 Å². The third-order valence-corrected chi connectivity index (χ3v) is 5.27. The first-order valence-electron chi connectivity index (χ1n) is 11.0. The molecule has 1 N–H and O–H groups in total. The van der Waals surface area contributed by atoms with Crippen LogP contribution in [0.25, 0.3) is 22.3 Å². The maximum absolute atomic E-state index is 11.6. The number of carbonyl (C=O) groups is 1. The number of ether oxygens (including phenoxy) is 1. The van der Waals surface area contributed by atoms with Crippen molar-refractivity contribution in [2.75, 3.05) is 6.61 Å². The first-order valence-corrected chi connectivity index (χ1v) is 11.0. The highest BCUT2D eigenvalue weighted by Crippen LogP contribution is 2.25. The number of benzene rings is 2. The lowest BCUT2D eigenvalue weighted by molar-refractivity contribution is -0.146. The average Bonchev–Trinajstić information content (AvgIpc) is 2.82. The number of carbonyl (C=O) groups excluding carboxylic acids is 1. The molecule has 166 valence electrons. The second-order valence-electron chi connectivity index (χ2n) is 7.94. The Morgan fingerprint density at radius 1 is 0.938 bits per heavy atom. The number of aromatic nitrogens is 2. The van der Waals surface area contributed by atoms with Crippen LogP contribution in [0.4, 0.5) is 0 Å². The van der Waals surface area contributed by atoms with Gasteiger partial charge < -0.3 is 9.84 Å². The van der Waals surface area contributed by atoms with Crippen LogP contribution in [0, 0.1) is 0 Å². The van der Waals surface area contributed by atoms with Gasteiger partial charge in [0.05, 0.1) is 6.61 Å². The minimum Gasteiger partial charge on any atom is -0.457 e. The van der Waals surface area contributed by atoms with Gasteiger partial charge in [0.15, 0.2) is 0 Å². The Hall–Kier alpha value is -3.31. The maximum Gasteiger partial charge on any atom is 0.333 e. The predicted octanol–water partition coefficient (Wildman–Crippen LogP) is 5.18. The fourth-order valence-electron chi connectivity index (χ4n) is 3.37. The van der Waals surface area contributed by atoms with Crippen molar-refractivity contribution in [2.24, 2.45) is 0 Å². The monoisotopic (exact) mass is 430 g/mol. The summed E-state index contributed by atoms with van der Waals surface area (Å²) in [6.45, 7) is 7.07. The molecule has 0 spiro atoms. The van der Waals surface area contributed by atoms with Gasteiger partial charge in [-0.3, -0.25) is 0 Å². The summed E-state index contributed by atoms with van der Waals surface area (Å²) in [5.74, 6) is 0.142. The van der Waals surface area contributed by atoms with Gasteiger partial charge in [0.1, 0.15) is 11.9 Å². The minimum atomic E-state index is -0.592. The van der Waals surface area contributed by atoms with Gasteiger partial charge in [-0.15, -0.1) is 0 Å². The van der Waals surface area contributed by atoms with Crippen molar-refractivity contribution in [3.8, 4) is 22.3 Å².